The number of H-pyrrole nitrogens is 1. The summed E-state index contributed by atoms with van der Waals surface area (Å²) in [6, 6.07) is 8.39. The first-order valence-electron chi connectivity index (χ1n) is 6.22. The second-order valence-corrected chi connectivity index (χ2v) is 4.14. The molecule has 0 bridgehead atoms. The average molecular weight is 305 g/mol. The zero-order valence-electron chi connectivity index (χ0n) is 11.3. The first-order valence-corrected chi connectivity index (χ1v) is 6.22. The molecule has 7 nitrogen and oxygen atoms in total. The Bertz CT molecular complexity index is 685. The van der Waals surface area contributed by atoms with Crippen LogP contribution in [0.15, 0.2) is 42.6 Å². The van der Waals surface area contributed by atoms with Crippen molar-refractivity contribution in [3.05, 3.63) is 59.7 Å². The molecule has 0 fully saturated rings. The Labute approximate surface area is 124 Å². The molecule has 0 radical (unpaired) electrons. The zero-order chi connectivity index (χ0) is 15.9. The van der Waals surface area contributed by atoms with Crippen LogP contribution in [0.3, 0.4) is 0 Å². The van der Waals surface area contributed by atoms with E-state index in [9.17, 15) is 18.8 Å². The molecule has 1 aromatic heterocycles. The summed E-state index contributed by atoms with van der Waals surface area (Å²) in [7, 11) is 0. The number of benzene rings is 1. The highest BCUT2D eigenvalue weighted by Crippen LogP contribution is 2.05. The topological polar surface area (TPSA) is 100 Å². The third kappa shape index (κ3) is 3.92. The van der Waals surface area contributed by atoms with Crippen molar-refractivity contribution in [3.8, 4) is 0 Å². The first-order chi connectivity index (χ1) is 10.6. The van der Waals surface area contributed by atoms with E-state index in [1.54, 1.807) is 6.07 Å². The number of aromatic nitrogens is 1. The summed E-state index contributed by atoms with van der Waals surface area (Å²) in [5.74, 6) is -3.00. The third-order valence-electron chi connectivity index (χ3n) is 2.59. The Hall–Kier alpha value is -3.16. The lowest BCUT2D eigenvalue weighted by Crippen LogP contribution is -2.43. The Morgan fingerprint density at radius 1 is 1.09 bits per heavy atom. The standard InChI is InChI=1S/C14H12FN3O4/c15-10-5-2-1-4-9(10)13(20)18-17-12(19)8-22-14(21)11-6-3-7-16-11/h1-7,16H,8H2,(H,17,19)(H,18,20). The zero-order valence-corrected chi connectivity index (χ0v) is 11.3. The molecule has 0 aliphatic heterocycles. The van der Waals surface area contributed by atoms with Gasteiger partial charge in [-0.3, -0.25) is 20.4 Å². The molecule has 1 aromatic carbocycles. The summed E-state index contributed by atoms with van der Waals surface area (Å²) >= 11 is 0. The Morgan fingerprint density at radius 3 is 2.55 bits per heavy atom. The lowest BCUT2D eigenvalue weighted by molar-refractivity contribution is -0.125. The maximum absolute atomic E-state index is 13.3. The van der Waals surface area contributed by atoms with Crippen LogP contribution in [0.1, 0.15) is 20.8 Å². The molecule has 3 N–H and O–H groups in total. The second-order valence-electron chi connectivity index (χ2n) is 4.14. The number of hydrazine groups is 1. The molecule has 0 saturated carbocycles. The van der Waals surface area contributed by atoms with Gasteiger partial charge in [-0.25, -0.2) is 9.18 Å². The van der Waals surface area contributed by atoms with Crippen LogP contribution in [0.5, 0.6) is 0 Å². The fourth-order valence-electron chi connectivity index (χ4n) is 1.54. The normalized spacial score (nSPS) is 9.86. The fraction of sp³-hybridized carbons (Fsp3) is 0.0714. The number of halogens is 1. The number of aromatic amines is 1. The van der Waals surface area contributed by atoms with Crippen molar-refractivity contribution in [3.63, 3.8) is 0 Å². The fourth-order valence-corrected chi connectivity index (χ4v) is 1.54. The molecule has 0 saturated heterocycles. The van der Waals surface area contributed by atoms with E-state index in [0.29, 0.717) is 0 Å². The SMILES string of the molecule is O=C(COC(=O)c1ccc[nH]1)NNC(=O)c1ccccc1F. The largest absolute Gasteiger partial charge is 0.451 e. The molecule has 0 aliphatic carbocycles. The number of hydrogen-bond donors (Lipinski definition) is 3. The van der Waals surface area contributed by atoms with Crippen LogP contribution in [0.2, 0.25) is 0 Å². The second kappa shape index (κ2) is 7.02. The number of nitrogens with one attached hydrogen (secondary N) is 3. The summed E-state index contributed by atoms with van der Waals surface area (Å²) in [5, 5.41) is 0. The van der Waals surface area contributed by atoms with E-state index in [-0.39, 0.29) is 11.3 Å². The van der Waals surface area contributed by atoms with E-state index in [1.807, 2.05) is 10.9 Å². The van der Waals surface area contributed by atoms with Crippen molar-refractivity contribution in [2.45, 2.75) is 0 Å². The van der Waals surface area contributed by atoms with Gasteiger partial charge in [-0.1, -0.05) is 12.1 Å². The van der Waals surface area contributed by atoms with Gasteiger partial charge >= 0.3 is 5.97 Å². The van der Waals surface area contributed by atoms with Crippen LogP contribution in [0, 0.1) is 5.82 Å². The smallest absolute Gasteiger partial charge is 0.355 e. The van der Waals surface area contributed by atoms with Gasteiger partial charge in [0.05, 0.1) is 5.56 Å². The van der Waals surface area contributed by atoms with Crippen LogP contribution in [0.4, 0.5) is 4.39 Å². The number of ether oxygens (including phenoxy) is 1. The summed E-state index contributed by atoms with van der Waals surface area (Å²) in [5.41, 5.74) is 4.02. The molecule has 1 heterocycles. The molecular formula is C14H12FN3O4. The van der Waals surface area contributed by atoms with Gasteiger partial charge in [0.1, 0.15) is 11.5 Å². The van der Waals surface area contributed by atoms with Crippen molar-refractivity contribution in [2.24, 2.45) is 0 Å². The number of esters is 1. The van der Waals surface area contributed by atoms with Gasteiger partial charge in [0.15, 0.2) is 6.61 Å². The van der Waals surface area contributed by atoms with E-state index in [1.165, 1.54) is 30.5 Å². The summed E-state index contributed by atoms with van der Waals surface area (Å²) in [6.45, 7) is -0.588. The third-order valence-corrected chi connectivity index (χ3v) is 2.59. The molecule has 114 valence electrons. The lowest BCUT2D eigenvalue weighted by atomic mass is 10.2. The van der Waals surface area contributed by atoms with Crippen LogP contribution in [-0.4, -0.2) is 29.4 Å². The highest BCUT2D eigenvalue weighted by atomic mass is 19.1. The van der Waals surface area contributed by atoms with Gasteiger partial charge in [-0.15, -0.1) is 0 Å². The highest BCUT2D eigenvalue weighted by molar-refractivity contribution is 5.96. The molecule has 2 aromatic rings. The molecule has 2 rings (SSSR count). The monoisotopic (exact) mass is 305 g/mol. The quantitative estimate of drug-likeness (QED) is 0.574. The van der Waals surface area contributed by atoms with E-state index >= 15 is 0 Å². The Kier molecular flexibility index (Phi) is 4.86. The van der Waals surface area contributed by atoms with Crippen LogP contribution in [-0.2, 0) is 9.53 Å². The van der Waals surface area contributed by atoms with Gasteiger partial charge < -0.3 is 9.72 Å². The lowest BCUT2D eigenvalue weighted by Gasteiger charge is -2.08. The number of carbonyl (C=O) groups excluding carboxylic acids is 3. The Balaban J connectivity index is 1.77. The molecule has 0 unspecified atom stereocenters. The number of rotatable bonds is 4. The maximum atomic E-state index is 13.3. The van der Waals surface area contributed by atoms with Gasteiger partial charge in [0, 0.05) is 6.20 Å². The Morgan fingerprint density at radius 2 is 1.86 bits per heavy atom. The first kappa shape index (κ1) is 15.2. The predicted molar refractivity (Wildman–Crippen MR) is 73.1 cm³/mol. The van der Waals surface area contributed by atoms with E-state index in [2.05, 4.69) is 4.98 Å². The van der Waals surface area contributed by atoms with Crippen molar-refractivity contribution >= 4 is 17.8 Å². The number of hydrogen-bond acceptors (Lipinski definition) is 4. The van der Waals surface area contributed by atoms with Crippen molar-refractivity contribution in [2.75, 3.05) is 6.61 Å². The highest BCUT2D eigenvalue weighted by Gasteiger charge is 2.13. The molecule has 22 heavy (non-hydrogen) atoms. The van der Waals surface area contributed by atoms with E-state index in [0.717, 1.165) is 6.07 Å². The van der Waals surface area contributed by atoms with E-state index in [4.69, 9.17) is 4.74 Å². The van der Waals surface area contributed by atoms with Crippen molar-refractivity contribution in [1.82, 2.24) is 15.8 Å². The van der Waals surface area contributed by atoms with Crippen LogP contribution in [0.25, 0.3) is 0 Å². The number of carbonyl (C=O) groups is 3. The number of amides is 2. The van der Waals surface area contributed by atoms with Crippen molar-refractivity contribution < 1.29 is 23.5 Å². The van der Waals surface area contributed by atoms with Gasteiger partial charge in [0.25, 0.3) is 11.8 Å². The molecule has 0 atom stereocenters. The summed E-state index contributed by atoms with van der Waals surface area (Å²) < 4.78 is 18.0. The minimum Gasteiger partial charge on any atom is -0.451 e. The molecule has 0 spiro atoms. The molecule has 0 aliphatic rings. The van der Waals surface area contributed by atoms with Gasteiger partial charge in [0.2, 0.25) is 0 Å². The van der Waals surface area contributed by atoms with Crippen molar-refractivity contribution in [1.29, 1.82) is 0 Å². The summed E-state index contributed by atoms with van der Waals surface area (Å²) in [4.78, 5) is 37.1. The minimum absolute atomic E-state index is 0.197. The van der Waals surface area contributed by atoms with E-state index < -0.39 is 30.2 Å². The summed E-state index contributed by atoms with van der Waals surface area (Å²) in [6.07, 6.45) is 1.53. The molecule has 2 amide bonds. The minimum atomic E-state index is -0.817. The molecule has 8 heteroatoms. The average Bonchev–Trinajstić information content (AvgIpc) is 3.05. The predicted octanol–water partition coefficient (Wildman–Crippen LogP) is 0.772. The molecular weight excluding hydrogens is 293 g/mol. The van der Waals surface area contributed by atoms with Gasteiger partial charge in [-0.05, 0) is 24.3 Å². The van der Waals surface area contributed by atoms with Gasteiger partial charge in [-0.2, -0.15) is 0 Å². The van der Waals surface area contributed by atoms with Crippen LogP contribution < -0.4 is 10.9 Å². The maximum Gasteiger partial charge on any atom is 0.355 e. The van der Waals surface area contributed by atoms with Crippen LogP contribution >= 0.6 is 0 Å².